The Hall–Kier alpha value is -3.11. The molecule has 0 unspecified atom stereocenters. The minimum Gasteiger partial charge on any atom is -0.446 e. The zero-order valence-corrected chi connectivity index (χ0v) is 24.4. The number of hydrogen-bond acceptors (Lipinski definition) is 6. The number of carbonyl (C=O) groups excluding carboxylic acids is 2. The van der Waals surface area contributed by atoms with E-state index < -0.39 is 30.5 Å². The first kappa shape index (κ1) is 28.4. The summed E-state index contributed by atoms with van der Waals surface area (Å²) in [7, 11) is -0.421. The molecule has 0 bridgehead atoms. The number of hydrogen-bond donors (Lipinski definition) is 2. The number of amides is 2. The van der Waals surface area contributed by atoms with Crippen LogP contribution in [0.5, 0.6) is 0 Å². The van der Waals surface area contributed by atoms with Gasteiger partial charge in [-0.15, -0.1) is 0 Å². The average molecular weight is 548 g/mol. The van der Waals surface area contributed by atoms with Crippen LogP contribution in [0.1, 0.15) is 79.1 Å². The lowest BCUT2D eigenvalue weighted by Gasteiger charge is -2.32. The number of alkyl carbamates (subject to hydrolysis) is 1. The predicted octanol–water partition coefficient (Wildman–Crippen LogP) is 4.51. The largest absolute Gasteiger partial charge is 0.494 e. The Balaban J connectivity index is 1.26. The Morgan fingerprint density at radius 1 is 1.10 bits per heavy atom. The maximum absolute atomic E-state index is 13.6. The van der Waals surface area contributed by atoms with Gasteiger partial charge in [0.15, 0.2) is 0 Å². The van der Waals surface area contributed by atoms with Crippen molar-refractivity contribution in [2.75, 3.05) is 6.54 Å². The molecule has 2 aromatic rings. The molecule has 2 fully saturated rings. The van der Waals surface area contributed by atoms with Gasteiger partial charge in [0.2, 0.25) is 5.91 Å². The van der Waals surface area contributed by atoms with Crippen LogP contribution in [-0.2, 0) is 18.8 Å². The third-order valence-corrected chi connectivity index (χ3v) is 8.63. The van der Waals surface area contributed by atoms with Crippen molar-refractivity contribution in [3.63, 3.8) is 0 Å². The topological polar surface area (TPSA) is 106 Å². The number of ether oxygens (including phenoxy) is 1. The minimum atomic E-state index is -0.687. The lowest BCUT2D eigenvalue weighted by atomic mass is 9.79. The Morgan fingerprint density at radius 3 is 2.38 bits per heavy atom. The van der Waals surface area contributed by atoms with Crippen molar-refractivity contribution in [3.05, 3.63) is 48.4 Å². The Bertz CT molecular complexity index is 1230. The molecule has 1 aromatic heterocycles. The lowest BCUT2D eigenvalue weighted by molar-refractivity contribution is -0.135. The van der Waals surface area contributed by atoms with Gasteiger partial charge in [0.1, 0.15) is 24.0 Å². The Labute approximate surface area is 237 Å². The van der Waals surface area contributed by atoms with Crippen LogP contribution in [-0.4, -0.2) is 63.9 Å². The van der Waals surface area contributed by atoms with Crippen LogP contribution in [0.4, 0.5) is 4.79 Å². The van der Waals surface area contributed by atoms with Crippen LogP contribution in [0.25, 0.3) is 11.3 Å². The molecule has 40 heavy (non-hydrogen) atoms. The van der Waals surface area contributed by atoms with Gasteiger partial charge in [0.25, 0.3) is 0 Å². The number of rotatable bonds is 7. The van der Waals surface area contributed by atoms with Gasteiger partial charge >= 0.3 is 13.2 Å². The molecule has 1 saturated heterocycles. The maximum atomic E-state index is 13.6. The summed E-state index contributed by atoms with van der Waals surface area (Å²) in [6, 6.07) is 6.97. The number of aromatic amines is 1. The number of benzene rings is 1. The second kappa shape index (κ2) is 11.0. The van der Waals surface area contributed by atoms with E-state index in [1.807, 2.05) is 84.2 Å². The van der Waals surface area contributed by atoms with Crippen LogP contribution in [0.15, 0.2) is 42.6 Å². The summed E-state index contributed by atoms with van der Waals surface area (Å²) in [4.78, 5) is 36.0. The SMILES string of the molecule is CC(C)[C@H](NC(=O)OC1CCCC1)C(=O)N1CC=C[C@H]1c1nc(-c2ccc(B3OC(C)(C)C(C)(C)O3)cc2)c[nH]1. The third kappa shape index (κ3) is 5.70. The van der Waals surface area contributed by atoms with E-state index in [0.717, 1.165) is 42.4 Å². The monoisotopic (exact) mass is 548 g/mol. The molecule has 3 heterocycles. The number of nitrogens with one attached hydrogen (secondary N) is 2. The van der Waals surface area contributed by atoms with Crippen molar-refractivity contribution in [2.45, 2.75) is 96.6 Å². The van der Waals surface area contributed by atoms with Gasteiger partial charge in [-0.2, -0.15) is 0 Å². The molecule has 1 saturated carbocycles. The van der Waals surface area contributed by atoms with Crippen molar-refractivity contribution < 1.29 is 23.6 Å². The highest BCUT2D eigenvalue weighted by atomic mass is 16.7. The van der Waals surface area contributed by atoms with Crippen LogP contribution in [0.2, 0.25) is 0 Å². The number of H-pyrrole nitrogens is 1. The van der Waals surface area contributed by atoms with E-state index in [2.05, 4.69) is 10.3 Å². The number of imidazole rings is 1. The number of carbonyl (C=O) groups is 2. The van der Waals surface area contributed by atoms with Gasteiger partial charge in [-0.1, -0.05) is 50.3 Å². The molecule has 1 aromatic carbocycles. The molecule has 3 aliphatic rings. The Kier molecular flexibility index (Phi) is 7.85. The molecule has 5 rings (SSSR count). The molecule has 2 N–H and O–H groups in total. The number of nitrogens with zero attached hydrogens (tertiary/aromatic N) is 2. The molecular weight excluding hydrogens is 507 g/mol. The van der Waals surface area contributed by atoms with Crippen LogP contribution >= 0.6 is 0 Å². The summed E-state index contributed by atoms with van der Waals surface area (Å²) in [6.45, 7) is 12.5. The van der Waals surface area contributed by atoms with Gasteiger partial charge in [0.05, 0.1) is 16.9 Å². The molecule has 2 amide bonds. The fraction of sp³-hybridized carbons (Fsp3) is 0.567. The first-order chi connectivity index (χ1) is 18.9. The molecule has 214 valence electrons. The van der Waals surface area contributed by atoms with E-state index >= 15 is 0 Å². The van der Waals surface area contributed by atoms with E-state index in [1.54, 1.807) is 4.90 Å². The predicted molar refractivity (Wildman–Crippen MR) is 154 cm³/mol. The first-order valence-electron chi connectivity index (χ1n) is 14.4. The van der Waals surface area contributed by atoms with Gasteiger partial charge in [0, 0.05) is 18.3 Å². The fourth-order valence-electron chi connectivity index (χ4n) is 5.42. The fourth-order valence-corrected chi connectivity index (χ4v) is 5.42. The highest BCUT2D eigenvalue weighted by molar-refractivity contribution is 6.62. The summed E-state index contributed by atoms with van der Waals surface area (Å²) < 4.78 is 17.9. The standard InChI is InChI=1S/C30H41BN4O5/c1-19(2)25(34-28(37)38-22-10-7-8-11-22)27(36)35-17-9-12-24(35)26-32-18-23(33-26)20-13-15-21(16-14-20)31-39-29(3,4)30(5,6)40-31/h9,12-16,18-19,22,24-25H,7-8,10-11,17H2,1-6H3,(H,32,33)(H,34,37)/t24-,25-/m0/s1. The van der Waals surface area contributed by atoms with Gasteiger partial charge < -0.3 is 29.2 Å². The van der Waals surface area contributed by atoms with E-state index in [1.165, 1.54) is 0 Å². The van der Waals surface area contributed by atoms with Crippen molar-refractivity contribution in [1.82, 2.24) is 20.2 Å². The lowest BCUT2D eigenvalue weighted by Crippen LogP contribution is -2.51. The first-order valence-corrected chi connectivity index (χ1v) is 14.4. The van der Waals surface area contributed by atoms with Crippen molar-refractivity contribution >= 4 is 24.6 Å². The summed E-state index contributed by atoms with van der Waals surface area (Å²) in [6.07, 6.45) is 9.10. The third-order valence-electron chi connectivity index (χ3n) is 8.63. The smallest absolute Gasteiger partial charge is 0.446 e. The summed E-state index contributed by atoms with van der Waals surface area (Å²) in [5.74, 6) is 0.417. The van der Waals surface area contributed by atoms with Crippen molar-refractivity contribution in [3.8, 4) is 11.3 Å². The van der Waals surface area contributed by atoms with Gasteiger partial charge in [-0.3, -0.25) is 4.79 Å². The highest BCUT2D eigenvalue weighted by Gasteiger charge is 2.51. The van der Waals surface area contributed by atoms with Crippen molar-refractivity contribution in [2.24, 2.45) is 5.92 Å². The molecule has 1 aliphatic carbocycles. The van der Waals surface area contributed by atoms with Crippen LogP contribution < -0.4 is 10.8 Å². The Morgan fingerprint density at radius 2 is 1.75 bits per heavy atom. The van der Waals surface area contributed by atoms with Crippen molar-refractivity contribution in [1.29, 1.82) is 0 Å². The normalized spacial score (nSPS) is 22.7. The van der Waals surface area contributed by atoms with Crippen LogP contribution in [0, 0.1) is 5.92 Å². The minimum absolute atomic E-state index is 0.0587. The molecule has 2 atom stereocenters. The maximum Gasteiger partial charge on any atom is 0.494 e. The number of aromatic nitrogens is 2. The molecule has 2 aliphatic heterocycles. The molecule has 0 radical (unpaired) electrons. The second-order valence-corrected chi connectivity index (χ2v) is 12.4. The van der Waals surface area contributed by atoms with Crippen LogP contribution in [0.3, 0.4) is 0 Å². The summed E-state index contributed by atoms with van der Waals surface area (Å²) >= 11 is 0. The molecule has 0 spiro atoms. The van der Waals surface area contributed by atoms with Gasteiger partial charge in [-0.25, -0.2) is 9.78 Å². The zero-order valence-electron chi connectivity index (χ0n) is 24.4. The van der Waals surface area contributed by atoms with Gasteiger partial charge in [-0.05, 0) is 64.8 Å². The van der Waals surface area contributed by atoms with E-state index in [-0.39, 0.29) is 24.0 Å². The quantitative estimate of drug-likeness (QED) is 0.390. The van der Waals surface area contributed by atoms with E-state index in [0.29, 0.717) is 12.4 Å². The zero-order chi connectivity index (χ0) is 28.7. The second-order valence-electron chi connectivity index (χ2n) is 12.4. The molecule has 9 nitrogen and oxygen atoms in total. The molecule has 10 heteroatoms. The van der Waals surface area contributed by atoms with E-state index in [9.17, 15) is 9.59 Å². The average Bonchev–Trinajstić information content (AvgIpc) is 3.69. The molecular formula is C30H41BN4O5. The highest BCUT2D eigenvalue weighted by Crippen LogP contribution is 2.36. The van der Waals surface area contributed by atoms with E-state index in [4.69, 9.17) is 19.0 Å². The summed E-state index contributed by atoms with van der Waals surface area (Å²) in [5.41, 5.74) is 1.88. The summed E-state index contributed by atoms with van der Waals surface area (Å²) in [5, 5.41) is 2.83.